The molecule has 2 rings (SSSR count). The molecule has 1 aromatic rings. The van der Waals surface area contributed by atoms with Crippen LogP contribution in [0.5, 0.6) is 0 Å². The molecule has 1 amide bonds. The van der Waals surface area contributed by atoms with E-state index in [0.29, 0.717) is 18.1 Å². The molecule has 0 fully saturated rings. The van der Waals surface area contributed by atoms with Gasteiger partial charge in [-0.15, -0.1) is 0 Å². The van der Waals surface area contributed by atoms with Crippen molar-refractivity contribution in [2.24, 2.45) is 5.73 Å². The first-order chi connectivity index (χ1) is 10.2. The molecule has 1 atom stereocenters. The van der Waals surface area contributed by atoms with Crippen molar-refractivity contribution in [3.05, 3.63) is 29.5 Å². The SMILES string of the molecule is CCCC(N)c1nc(C(=O)NCCC2=CCCCC2)co1. The molecule has 116 valence electrons. The Bertz CT molecular complexity index is 493. The molecule has 0 spiro atoms. The van der Waals surface area contributed by atoms with E-state index in [4.69, 9.17) is 10.2 Å². The second kappa shape index (κ2) is 7.98. The summed E-state index contributed by atoms with van der Waals surface area (Å²) in [7, 11) is 0. The molecule has 0 saturated carbocycles. The van der Waals surface area contributed by atoms with Gasteiger partial charge in [0.25, 0.3) is 5.91 Å². The van der Waals surface area contributed by atoms with Gasteiger partial charge in [0.2, 0.25) is 5.89 Å². The number of carbonyl (C=O) groups is 1. The summed E-state index contributed by atoms with van der Waals surface area (Å²) in [6.45, 7) is 2.70. The van der Waals surface area contributed by atoms with Gasteiger partial charge in [0.05, 0.1) is 6.04 Å². The van der Waals surface area contributed by atoms with E-state index in [-0.39, 0.29) is 11.9 Å². The molecule has 1 heterocycles. The average Bonchev–Trinajstić information content (AvgIpc) is 2.98. The second-order valence-electron chi connectivity index (χ2n) is 5.58. The van der Waals surface area contributed by atoms with E-state index in [1.807, 2.05) is 0 Å². The highest BCUT2D eigenvalue weighted by Crippen LogP contribution is 2.19. The number of aromatic nitrogens is 1. The predicted molar refractivity (Wildman–Crippen MR) is 81.8 cm³/mol. The highest BCUT2D eigenvalue weighted by atomic mass is 16.3. The van der Waals surface area contributed by atoms with Crippen LogP contribution >= 0.6 is 0 Å². The molecule has 0 saturated heterocycles. The third-order valence-corrected chi connectivity index (χ3v) is 3.79. The Morgan fingerprint density at radius 2 is 2.38 bits per heavy atom. The molecule has 0 aliphatic heterocycles. The molecule has 21 heavy (non-hydrogen) atoms. The number of carbonyl (C=O) groups excluding carboxylic acids is 1. The topological polar surface area (TPSA) is 81.1 Å². The van der Waals surface area contributed by atoms with Crippen LogP contribution < -0.4 is 11.1 Å². The first-order valence-electron chi connectivity index (χ1n) is 7.87. The van der Waals surface area contributed by atoms with Crippen LogP contribution in [-0.4, -0.2) is 17.4 Å². The number of nitrogens with zero attached hydrogens (tertiary/aromatic N) is 1. The summed E-state index contributed by atoms with van der Waals surface area (Å²) >= 11 is 0. The van der Waals surface area contributed by atoms with Gasteiger partial charge >= 0.3 is 0 Å². The van der Waals surface area contributed by atoms with Crippen LogP contribution in [0.15, 0.2) is 22.3 Å². The lowest BCUT2D eigenvalue weighted by Gasteiger charge is -2.12. The van der Waals surface area contributed by atoms with Crippen molar-refractivity contribution in [1.82, 2.24) is 10.3 Å². The van der Waals surface area contributed by atoms with E-state index >= 15 is 0 Å². The number of hydrogen-bond acceptors (Lipinski definition) is 4. The van der Waals surface area contributed by atoms with Crippen LogP contribution in [0.3, 0.4) is 0 Å². The summed E-state index contributed by atoms with van der Waals surface area (Å²) in [6.07, 6.45) is 11.3. The number of nitrogens with one attached hydrogen (secondary N) is 1. The normalized spacial score (nSPS) is 16.4. The third kappa shape index (κ3) is 4.70. The maximum Gasteiger partial charge on any atom is 0.273 e. The Morgan fingerprint density at radius 3 is 3.10 bits per heavy atom. The minimum absolute atomic E-state index is 0.190. The van der Waals surface area contributed by atoms with Gasteiger partial charge in [0, 0.05) is 6.54 Å². The molecule has 0 aromatic carbocycles. The maximum absolute atomic E-state index is 12.0. The van der Waals surface area contributed by atoms with Gasteiger partial charge in [-0.2, -0.15) is 0 Å². The summed E-state index contributed by atoms with van der Waals surface area (Å²) in [5.41, 5.74) is 7.69. The first kappa shape index (κ1) is 15.8. The van der Waals surface area contributed by atoms with Crippen LogP contribution in [-0.2, 0) is 0 Å². The summed E-state index contributed by atoms with van der Waals surface area (Å²) in [5, 5.41) is 2.89. The standard InChI is InChI=1S/C16H25N3O2/c1-2-6-13(17)16-19-14(11-21-16)15(20)18-10-9-12-7-4-3-5-8-12/h7,11,13H,2-6,8-10,17H2,1H3,(H,18,20). The van der Waals surface area contributed by atoms with Crippen LogP contribution in [0, 0.1) is 0 Å². The fourth-order valence-electron chi connectivity index (χ4n) is 2.56. The number of nitrogens with two attached hydrogens (primary N) is 1. The lowest BCUT2D eigenvalue weighted by molar-refractivity contribution is 0.0949. The van der Waals surface area contributed by atoms with Crippen LogP contribution in [0.1, 0.15) is 74.3 Å². The highest BCUT2D eigenvalue weighted by molar-refractivity contribution is 5.91. The molecule has 1 aromatic heterocycles. The molecule has 0 bridgehead atoms. The monoisotopic (exact) mass is 291 g/mol. The van der Waals surface area contributed by atoms with Crippen LogP contribution in [0.4, 0.5) is 0 Å². The van der Waals surface area contributed by atoms with E-state index in [1.165, 1.54) is 31.1 Å². The van der Waals surface area contributed by atoms with Gasteiger partial charge in [-0.3, -0.25) is 4.79 Å². The fourth-order valence-corrected chi connectivity index (χ4v) is 2.56. The summed E-state index contributed by atoms with van der Waals surface area (Å²) < 4.78 is 5.29. The minimum Gasteiger partial charge on any atom is -0.446 e. The van der Waals surface area contributed by atoms with Crippen molar-refractivity contribution in [3.8, 4) is 0 Å². The minimum atomic E-state index is -0.232. The third-order valence-electron chi connectivity index (χ3n) is 3.79. The van der Waals surface area contributed by atoms with E-state index in [1.54, 1.807) is 0 Å². The molecular formula is C16H25N3O2. The zero-order valence-corrected chi connectivity index (χ0v) is 12.7. The number of amides is 1. The summed E-state index contributed by atoms with van der Waals surface area (Å²) in [5.74, 6) is 0.252. The van der Waals surface area contributed by atoms with Crippen molar-refractivity contribution in [3.63, 3.8) is 0 Å². The van der Waals surface area contributed by atoms with Gasteiger partial charge in [0.15, 0.2) is 5.69 Å². The largest absolute Gasteiger partial charge is 0.446 e. The predicted octanol–water partition coefficient (Wildman–Crippen LogP) is 3.09. The van der Waals surface area contributed by atoms with E-state index in [9.17, 15) is 4.79 Å². The van der Waals surface area contributed by atoms with E-state index in [2.05, 4.69) is 23.3 Å². The molecule has 1 aliphatic rings. The van der Waals surface area contributed by atoms with Gasteiger partial charge < -0.3 is 15.5 Å². The Hall–Kier alpha value is -1.62. The quantitative estimate of drug-likeness (QED) is 0.756. The highest BCUT2D eigenvalue weighted by Gasteiger charge is 2.16. The summed E-state index contributed by atoms with van der Waals surface area (Å²) in [4.78, 5) is 16.2. The smallest absolute Gasteiger partial charge is 0.273 e. The number of oxazole rings is 1. The van der Waals surface area contributed by atoms with E-state index in [0.717, 1.165) is 25.7 Å². The Balaban J connectivity index is 1.79. The van der Waals surface area contributed by atoms with Gasteiger partial charge in [-0.25, -0.2) is 4.98 Å². The van der Waals surface area contributed by atoms with Crippen molar-refractivity contribution in [2.75, 3.05) is 6.54 Å². The molecular weight excluding hydrogens is 266 g/mol. The summed E-state index contributed by atoms with van der Waals surface area (Å²) in [6, 6.07) is -0.232. The molecule has 1 unspecified atom stereocenters. The number of allylic oxidation sites excluding steroid dienone is 1. The average molecular weight is 291 g/mol. The van der Waals surface area contributed by atoms with Crippen LogP contribution in [0.25, 0.3) is 0 Å². The van der Waals surface area contributed by atoms with Crippen molar-refractivity contribution >= 4 is 5.91 Å². The molecule has 5 nitrogen and oxygen atoms in total. The maximum atomic E-state index is 12.0. The lowest BCUT2D eigenvalue weighted by Crippen LogP contribution is -2.25. The van der Waals surface area contributed by atoms with E-state index < -0.39 is 0 Å². The zero-order chi connectivity index (χ0) is 15.1. The van der Waals surface area contributed by atoms with Gasteiger partial charge in [-0.1, -0.05) is 25.0 Å². The van der Waals surface area contributed by atoms with Crippen molar-refractivity contribution in [1.29, 1.82) is 0 Å². The van der Waals surface area contributed by atoms with Gasteiger partial charge in [0.1, 0.15) is 6.26 Å². The zero-order valence-electron chi connectivity index (χ0n) is 12.7. The Kier molecular flexibility index (Phi) is 5.99. The number of hydrogen-bond donors (Lipinski definition) is 2. The number of rotatable bonds is 7. The Labute approximate surface area is 126 Å². The lowest BCUT2D eigenvalue weighted by atomic mass is 9.97. The van der Waals surface area contributed by atoms with Crippen molar-refractivity contribution < 1.29 is 9.21 Å². The molecule has 3 N–H and O–H groups in total. The molecule has 5 heteroatoms. The second-order valence-corrected chi connectivity index (χ2v) is 5.58. The molecule has 0 radical (unpaired) electrons. The van der Waals surface area contributed by atoms with Crippen LogP contribution in [0.2, 0.25) is 0 Å². The van der Waals surface area contributed by atoms with Crippen molar-refractivity contribution in [2.45, 2.75) is 57.9 Å². The first-order valence-corrected chi connectivity index (χ1v) is 7.87. The Morgan fingerprint density at radius 1 is 1.52 bits per heavy atom. The van der Waals surface area contributed by atoms with Gasteiger partial charge in [-0.05, 0) is 38.5 Å². The fraction of sp³-hybridized carbons (Fsp3) is 0.625. The molecule has 1 aliphatic carbocycles.